The van der Waals surface area contributed by atoms with Crippen molar-refractivity contribution in [3.63, 3.8) is 0 Å². The van der Waals surface area contributed by atoms with Gasteiger partial charge in [0.05, 0.1) is 18.2 Å². The molecule has 1 aromatic heterocycles. The molecule has 0 N–H and O–H groups in total. The average Bonchev–Trinajstić information content (AvgIpc) is 3.17. The molecule has 0 saturated carbocycles. The molecule has 0 atom stereocenters. The molecule has 0 unspecified atom stereocenters. The second kappa shape index (κ2) is 9.01. The van der Waals surface area contributed by atoms with Gasteiger partial charge >= 0.3 is 0 Å². The number of carbonyl (C=O) groups is 1. The van der Waals surface area contributed by atoms with Gasteiger partial charge in [0, 0.05) is 17.8 Å². The number of aromatic nitrogens is 2. The van der Waals surface area contributed by atoms with Crippen LogP contribution in [0.1, 0.15) is 12.0 Å². The molecule has 2 aromatic carbocycles. The smallest absolute Gasteiger partial charge is 0.277 e. The zero-order valence-corrected chi connectivity index (χ0v) is 15.6. The highest BCUT2D eigenvalue weighted by atomic mass is 32.2. The number of rotatable bonds is 7. The number of anilines is 1. The topological polar surface area (TPSA) is 83.0 Å². The average molecular weight is 378 g/mol. The number of hydrogen-bond acceptors (Lipinski definition) is 6. The summed E-state index contributed by atoms with van der Waals surface area (Å²) >= 11 is 1.19. The predicted molar refractivity (Wildman–Crippen MR) is 104 cm³/mol. The number of nitrogens with zero attached hydrogens (tertiary/aromatic N) is 4. The summed E-state index contributed by atoms with van der Waals surface area (Å²) in [7, 11) is 0. The van der Waals surface area contributed by atoms with Gasteiger partial charge in [0.15, 0.2) is 0 Å². The molecule has 7 heteroatoms. The van der Waals surface area contributed by atoms with E-state index in [-0.39, 0.29) is 18.1 Å². The fraction of sp³-hybridized carbons (Fsp3) is 0.200. The number of carbonyl (C=O) groups excluding carboxylic acids is 1. The van der Waals surface area contributed by atoms with E-state index in [2.05, 4.69) is 16.3 Å². The van der Waals surface area contributed by atoms with E-state index >= 15 is 0 Å². The zero-order valence-electron chi connectivity index (χ0n) is 14.8. The van der Waals surface area contributed by atoms with Crippen molar-refractivity contribution in [3.05, 3.63) is 60.2 Å². The van der Waals surface area contributed by atoms with Crippen molar-refractivity contribution in [2.75, 3.05) is 17.2 Å². The maximum absolute atomic E-state index is 12.6. The fourth-order valence-corrected chi connectivity index (χ4v) is 3.09. The van der Waals surface area contributed by atoms with E-state index in [1.807, 2.05) is 61.5 Å². The van der Waals surface area contributed by atoms with E-state index in [0.717, 1.165) is 16.8 Å². The standard InChI is InChI=1S/C20H18N4O2S/c1-15-8-10-16(11-9-15)19-22-23-20(26-19)27-14-18(25)24(13-5-12-21)17-6-3-2-4-7-17/h2-4,6-11H,5,13-14H2,1H3. The lowest BCUT2D eigenvalue weighted by atomic mass is 10.1. The fourth-order valence-electron chi connectivity index (χ4n) is 2.45. The summed E-state index contributed by atoms with van der Waals surface area (Å²) in [5, 5.41) is 17.2. The van der Waals surface area contributed by atoms with Gasteiger partial charge in [-0.3, -0.25) is 4.79 Å². The first kappa shape index (κ1) is 18.7. The highest BCUT2D eigenvalue weighted by Crippen LogP contribution is 2.24. The Balaban J connectivity index is 1.65. The summed E-state index contributed by atoms with van der Waals surface area (Å²) in [5.74, 6) is 0.460. The van der Waals surface area contributed by atoms with Crippen LogP contribution in [0.3, 0.4) is 0 Å². The van der Waals surface area contributed by atoms with Crippen LogP contribution < -0.4 is 4.90 Å². The predicted octanol–water partition coefficient (Wildman–Crippen LogP) is 4.08. The molecule has 27 heavy (non-hydrogen) atoms. The maximum Gasteiger partial charge on any atom is 0.277 e. The van der Waals surface area contributed by atoms with Gasteiger partial charge in [-0.05, 0) is 31.2 Å². The molecule has 1 heterocycles. The third-order valence-electron chi connectivity index (χ3n) is 3.84. The largest absolute Gasteiger partial charge is 0.411 e. The molecule has 0 spiro atoms. The number of aryl methyl sites for hydroxylation is 1. The molecule has 0 aliphatic heterocycles. The minimum absolute atomic E-state index is 0.114. The van der Waals surface area contributed by atoms with Crippen molar-refractivity contribution in [2.24, 2.45) is 0 Å². The van der Waals surface area contributed by atoms with Gasteiger partial charge in [-0.1, -0.05) is 47.7 Å². The molecule has 6 nitrogen and oxygen atoms in total. The Bertz CT molecular complexity index is 933. The summed E-state index contributed by atoms with van der Waals surface area (Å²) in [6, 6.07) is 19.2. The molecular weight excluding hydrogens is 360 g/mol. The van der Waals surface area contributed by atoms with Gasteiger partial charge < -0.3 is 9.32 Å². The summed E-state index contributed by atoms with van der Waals surface area (Å²) in [6.07, 6.45) is 0.267. The van der Waals surface area contributed by atoms with Crippen LogP contribution in [-0.2, 0) is 4.79 Å². The van der Waals surface area contributed by atoms with Crippen molar-refractivity contribution in [2.45, 2.75) is 18.6 Å². The number of amides is 1. The van der Waals surface area contributed by atoms with Crippen LogP contribution >= 0.6 is 11.8 Å². The summed E-state index contributed by atoms with van der Waals surface area (Å²) < 4.78 is 5.64. The van der Waals surface area contributed by atoms with Gasteiger partial charge in [-0.25, -0.2) is 0 Å². The lowest BCUT2D eigenvalue weighted by molar-refractivity contribution is -0.116. The molecule has 0 fully saturated rings. The minimum Gasteiger partial charge on any atom is -0.411 e. The molecule has 0 aliphatic carbocycles. The lowest BCUT2D eigenvalue weighted by Crippen LogP contribution is -2.33. The number of benzene rings is 2. The highest BCUT2D eigenvalue weighted by Gasteiger charge is 2.17. The Labute approximate surface area is 161 Å². The van der Waals surface area contributed by atoms with E-state index in [1.54, 1.807) is 4.90 Å². The third-order valence-corrected chi connectivity index (χ3v) is 4.64. The van der Waals surface area contributed by atoms with Crippen molar-refractivity contribution >= 4 is 23.4 Å². The Morgan fingerprint density at radius 1 is 1.15 bits per heavy atom. The van der Waals surface area contributed by atoms with E-state index < -0.39 is 0 Å². The second-order valence-electron chi connectivity index (χ2n) is 5.82. The number of thioether (sulfide) groups is 1. The van der Waals surface area contributed by atoms with Crippen molar-refractivity contribution < 1.29 is 9.21 Å². The molecule has 0 bridgehead atoms. The molecule has 0 radical (unpaired) electrons. The first-order chi connectivity index (χ1) is 13.2. The van der Waals surface area contributed by atoms with Gasteiger partial charge in [-0.15, -0.1) is 10.2 Å². The molecule has 0 saturated heterocycles. The van der Waals surface area contributed by atoms with Crippen molar-refractivity contribution in [1.29, 1.82) is 5.26 Å². The monoisotopic (exact) mass is 378 g/mol. The normalized spacial score (nSPS) is 10.4. The van der Waals surface area contributed by atoms with Crippen LogP contribution in [0.4, 0.5) is 5.69 Å². The molecule has 1 amide bonds. The van der Waals surface area contributed by atoms with Crippen LogP contribution in [-0.4, -0.2) is 28.4 Å². The lowest BCUT2D eigenvalue weighted by Gasteiger charge is -2.21. The highest BCUT2D eigenvalue weighted by molar-refractivity contribution is 7.99. The molecule has 0 aliphatic rings. The Hall–Kier alpha value is -3.11. The molecule has 136 valence electrons. The van der Waals surface area contributed by atoms with Crippen LogP contribution in [0.2, 0.25) is 0 Å². The first-order valence-corrected chi connectivity index (χ1v) is 9.41. The van der Waals surface area contributed by atoms with Gasteiger partial charge in [0.25, 0.3) is 5.22 Å². The molecule has 3 aromatic rings. The summed E-state index contributed by atoms with van der Waals surface area (Å²) in [4.78, 5) is 14.2. The Morgan fingerprint density at radius 2 is 1.89 bits per heavy atom. The Kier molecular flexibility index (Phi) is 6.23. The summed E-state index contributed by atoms with van der Waals surface area (Å²) in [5.41, 5.74) is 2.76. The van der Waals surface area contributed by atoms with Gasteiger partial charge in [-0.2, -0.15) is 5.26 Å². The minimum atomic E-state index is -0.114. The van der Waals surface area contributed by atoms with E-state index in [1.165, 1.54) is 11.8 Å². The van der Waals surface area contributed by atoms with Crippen molar-refractivity contribution in [3.8, 4) is 17.5 Å². The quantitative estimate of drug-likeness (QED) is 0.576. The van der Waals surface area contributed by atoms with Crippen LogP contribution in [0.15, 0.2) is 64.2 Å². The van der Waals surface area contributed by atoms with Crippen molar-refractivity contribution in [1.82, 2.24) is 10.2 Å². The third kappa shape index (κ3) is 4.96. The Morgan fingerprint density at radius 3 is 2.59 bits per heavy atom. The second-order valence-corrected chi connectivity index (χ2v) is 6.74. The first-order valence-electron chi connectivity index (χ1n) is 8.43. The molecular formula is C20H18N4O2S. The number of hydrogen-bond donors (Lipinski definition) is 0. The van der Waals surface area contributed by atoms with Crippen LogP contribution in [0.25, 0.3) is 11.5 Å². The van der Waals surface area contributed by atoms with Gasteiger partial charge in [0.1, 0.15) is 0 Å². The van der Waals surface area contributed by atoms with E-state index in [0.29, 0.717) is 17.7 Å². The van der Waals surface area contributed by atoms with Crippen LogP contribution in [0.5, 0.6) is 0 Å². The van der Waals surface area contributed by atoms with E-state index in [4.69, 9.17) is 9.68 Å². The van der Waals surface area contributed by atoms with Crippen LogP contribution in [0, 0.1) is 18.3 Å². The van der Waals surface area contributed by atoms with Gasteiger partial charge in [0.2, 0.25) is 11.8 Å². The van der Waals surface area contributed by atoms with E-state index in [9.17, 15) is 4.79 Å². The number of nitriles is 1. The zero-order chi connectivity index (χ0) is 19.1. The number of para-hydroxylation sites is 1. The molecule has 3 rings (SSSR count). The summed E-state index contributed by atoms with van der Waals surface area (Å²) in [6.45, 7) is 2.35. The maximum atomic E-state index is 12.6. The SMILES string of the molecule is Cc1ccc(-c2nnc(SCC(=O)N(CCC#N)c3ccccc3)o2)cc1.